The molecule has 0 saturated heterocycles. The maximum atomic E-state index is 5.99. The van der Waals surface area contributed by atoms with Crippen LogP contribution in [0, 0.1) is 0 Å². The van der Waals surface area contributed by atoms with Gasteiger partial charge in [-0.05, 0) is 24.1 Å². The highest BCUT2D eigenvalue weighted by molar-refractivity contribution is 6.33. The second-order valence-electron chi connectivity index (χ2n) is 3.87. The van der Waals surface area contributed by atoms with Crippen molar-refractivity contribution in [1.82, 2.24) is 15.2 Å². The molecule has 0 N–H and O–H groups in total. The van der Waals surface area contributed by atoms with Crippen molar-refractivity contribution >= 4 is 28.9 Å². The lowest BCUT2D eigenvalue weighted by Crippen LogP contribution is -2.21. The number of aromatic nitrogens is 3. The lowest BCUT2D eigenvalue weighted by molar-refractivity contribution is 0.864. The fraction of sp³-hybridized carbons (Fsp3) is 0.250. The molecule has 0 unspecified atom stereocenters. The minimum Gasteiger partial charge on any atom is -0.372 e. The molecule has 2 aromatic heterocycles. The number of halogens is 2. The molecule has 4 nitrogen and oxygen atoms in total. The van der Waals surface area contributed by atoms with Crippen LogP contribution < -0.4 is 4.90 Å². The lowest BCUT2D eigenvalue weighted by Gasteiger charge is -2.19. The van der Waals surface area contributed by atoms with Crippen molar-refractivity contribution in [2.75, 3.05) is 18.5 Å². The second kappa shape index (κ2) is 5.98. The predicted octanol–water partition coefficient (Wildman–Crippen LogP) is 2.86. The Balaban J connectivity index is 2.03. The Kier molecular flexibility index (Phi) is 4.33. The summed E-state index contributed by atoms with van der Waals surface area (Å²) in [6, 6.07) is 5.70. The minimum absolute atomic E-state index is 0.338. The first kappa shape index (κ1) is 13.1. The van der Waals surface area contributed by atoms with Crippen molar-refractivity contribution in [2.24, 2.45) is 0 Å². The third-order valence-electron chi connectivity index (χ3n) is 2.60. The molecule has 94 valence electrons. The molecule has 0 fully saturated rings. The van der Waals surface area contributed by atoms with Gasteiger partial charge in [-0.25, -0.2) is 0 Å². The first-order valence-corrected chi connectivity index (χ1v) is 6.21. The van der Waals surface area contributed by atoms with Crippen LogP contribution in [0.25, 0.3) is 0 Å². The highest BCUT2D eigenvalue weighted by Crippen LogP contribution is 2.24. The summed E-state index contributed by atoms with van der Waals surface area (Å²) in [4.78, 5) is 5.99. The van der Waals surface area contributed by atoms with Gasteiger partial charge in [0.05, 0.1) is 5.69 Å². The van der Waals surface area contributed by atoms with Crippen LogP contribution in [0.15, 0.2) is 30.6 Å². The molecular weight excluding hydrogens is 271 g/mol. The van der Waals surface area contributed by atoms with Crippen molar-refractivity contribution in [1.29, 1.82) is 0 Å². The lowest BCUT2D eigenvalue weighted by atomic mass is 10.2. The first-order chi connectivity index (χ1) is 8.66. The molecule has 18 heavy (non-hydrogen) atoms. The Morgan fingerprint density at radius 3 is 2.61 bits per heavy atom. The molecule has 2 rings (SSSR count). The monoisotopic (exact) mass is 282 g/mol. The van der Waals surface area contributed by atoms with Gasteiger partial charge >= 0.3 is 0 Å². The van der Waals surface area contributed by atoms with Crippen molar-refractivity contribution in [3.05, 3.63) is 46.5 Å². The smallest absolute Gasteiger partial charge is 0.175 e. The molecule has 0 bridgehead atoms. The molecular formula is C12H12Cl2N4. The van der Waals surface area contributed by atoms with E-state index in [2.05, 4.69) is 15.2 Å². The fourth-order valence-corrected chi connectivity index (χ4v) is 1.96. The van der Waals surface area contributed by atoms with Crippen molar-refractivity contribution in [3.8, 4) is 0 Å². The quantitative estimate of drug-likeness (QED) is 0.865. The molecule has 0 aliphatic rings. The van der Waals surface area contributed by atoms with E-state index in [4.69, 9.17) is 23.2 Å². The van der Waals surface area contributed by atoms with Crippen molar-refractivity contribution in [2.45, 2.75) is 6.42 Å². The fourth-order valence-electron chi connectivity index (χ4n) is 1.58. The van der Waals surface area contributed by atoms with E-state index in [9.17, 15) is 0 Å². The van der Waals surface area contributed by atoms with Gasteiger partial charge in [0.15, 0.2) is 10.3 Å². The number of hydrogen-bond donors (Lipinski definition) is 0. The van der Waals surface area contributed by atoms with E-state index in [1.807, 2.05) is 24.1 Å². The van der Waals surface area contributed by atoms with Gasteiger partial charge in [0, 0.05) is 32.1 Å². The largest absolute Gasteiger partial charge is 0.372 e. The van der Waals surface area contributed by atoms with Crippen LogP contribution in [0.4, 0.5) is 5.69 Å². The van der Waals surface area contributed by atoms with E-state index in [1.165, 1.54) is 5.56 Å². The molecule has 0 spiro atoms. The van der Waals surface area contributed by atoms with Crippen molar-refractivity contribution < 1.29 is 0 Å². The zero-order valence-electron chi connectivity index (χ0n) is 9.85. The second-order valence-corrected chi connectivity index (χ2v) is 4.62. The van der Waals surface area contributed by atoms with Crippen LogP contribution in [-0.2, 0) is 6.42 Å². The maximum absolute atomic E-state index is 5.99. The maximum Gasteiger partial charge on any atom is 0.175 e. The van der Waals surface area contributed by atoms with Gasteiger partial charge in [-0.2, -0.15) is 0 Å². The number of likely N-dealkylation sites (N-methyl/N-ethyl adjacent to an activating group) is 1. The number of anilines is 1. The van der Waals surface area contributed by atoms with Crippen LogP contribution in [0.1, 0.15) is 5.56 Å². The summed E-state index contributed by atoms with van der Waals surface area (Å²) < 4.78 is 0. The third-order valence-corrected chi connectivity index (χ3v) is 3.05. The molecule has 0 aliphatic heterocycles. The molecule has 0 aromatic carbocycles. The average molecular weight is 283 g/mol. The molecule has 0 saturated carbocycles. The summed E-state index contributed by atoms with van der Waals surface area (Å²) in [5.74, 6) is 0. The Morgan fingerprint density at radius 1 is 1.17 bits per heavy atom. The molecule has 0 atom stereocenters. The summed E-state index contributed by atoms with van der Waals surface area (Å²) in [6.07, 6.45) is 4.47. The highest BCUT2D eigenvalue weighted by atomic mass is 35.5. The molecule has 0 radical (unpaired) electrons. The van der Waals surface area contributed by atoms with Gasteiger partial charge in [-0.3, -0.25) is 4.98 Å². The zero-order valence-corrected chi connectivity index (χ0v) is 11.4. The molecule has 2 aromatic rings. The average Bonchev–Trinajstić information content (AvgIpc) is 2.40. The van der Waals surface area contributed by atoms with Crippen LogP contribution in [0.5, 0.6) is 0 Å². The van der Waals surface area contributed by atoms with E-state index >= 15 is 0 Å². The number of hydrogen-bond acceptors (Lipinski definition) is 4. The van der Waals surface area contributed by atoms with Gasteiger partial charge in [0.2, 0.25) is 0 Å². The SMILES string of the molecule is CN(CCc1ccncc1)c1cc(Cl)nnc1Cl. The summed E-state index contributed by atoms with van der Waals surface area (Å²) in [5, 5.41) is 8.17. The van der Waals surface area contributed by atoms with Crippen LogP contribution in [-0.4, -0.2) is 28.8 Å². The minimum atomic E-state index is 0.338. The van der Waals surface area contributed by atoms with E-state index in [0.717, 1.165) is 18.7 Å². The van der Waals surface area contributed by atoms with E-state index in [-0.39, 0.29) is 0 Å². The zero-order chi connectivity index (χ0) is 13.0. The Bertz CT molecular complexity index is 519. The predicted molar refractivity (Wildman–Crippen MR) is 73.3 cm³/mol. The van der Waals surface area contributed by atoms with Gasteiger partial charge in [0.25, 0.3) is 0 Å². The first-order valence-electron chi connectivity index (χ1n) is 5.45. The van der Waals surface area contributed by atoms with E-state index < -0.39 is 0 Å². The van der Waals surface area contributed by atoms with Gasteiger partial charge in [0.1, 0.15) is 0 Å². The highest BCUT2D eigenvalue weighted by Gasteiger charge is 2.09. The topological polar surface area (TPSA) is 41.9 Å². The summed E-state index contributed by atoms with van der Waals surface area (Å²) in [6.45, 7) is 0.811. The third kappa shape index (κ3) is 3.31. The Labute approximate surface area is 116 Å². The number of rotatable bonds is 4. The molecule has 0 aliphatic carbocycles. The van der Waals surface area contributed by atoms with Crippen LogP contribution in [0.3, 0.4) is 0 Å². The van der Waals surface area contributed by atoms with Crippen molar-refractivity contribution in [3.63, 3.8) is 0 Å². The van der Waals surface area contributed by atoms with Crippen LogP contribution >= 0.6 is 23.2 Å². The number of pyridine rings is 1. The molecule has 2 heterocycles. The van der Waals surface area contributed by atoms with E-state index in [1.54, 1.807) is 18.5 Å². The standard InChI is InChI=1S/C12H12Cl2N4/c1-18(7-4-9-2-5-15-6-3-9)10-8-11(13)16-17-12(10)14/h2-3,5-6,8H,4,7H2,1H3. The van der Waals surface area contributed by atoms with Gasteiger partial charge in [-0.1, -0.05) is 23.2 Å². The van der Waals surface area contributed by atoms with Crippen LogP contribution in [0.2, 0.25) is 10.3 Å². The molecule has 0 amide bonds. The Morgan fingerprint density at radius 2 is 1.89 bits per heavy atom. The summed E-state index contributed by atoms with van der Waals surface area (Å²) in [7, 11) is 1.94. The molecule has 6 heteroatoms. The van der Waals surface area contributed by atoms with Gasteiger partial charge in [-0.15, -0.1) is 10.2 Å². The Hall–Kier alpha value is -1.39. The summed E-state index contributed by atoms with van der Waals surface area (Å²) in [5.41, 5.74) is 2.01. The normalized spacial score (nSPS) is 10.4. The summed E-state index contributed by atoms with van der Waals surface area (Å²) >= 11 is 11.8. The number of nitrogens with zero attached hydrogens (tertiary/aromatic N) is 4. The van der Waals surface area contributed by atoms with E-state index in [0.29, 0.717) is 10.3 Å². The van der Waals surface area contributed by atoms with Gasteiger partial charge < -0.3 is 4.90 Å².